The van der Waals surface area contributed by atoms with E-state index in [1.807, 2.05) is 6.07 Å². The zero-order chi connectivity index (χ0) is 13.4. The van der Waals surface area contributed by atoms with E-state index in [-0.39, 0.29) is 6.04 Å². The first-order chi connectivity index (χ1) is 9.16. The number of rotatable bonds is 2. The Morgan fingerprint density at radius 2 is 1.84 bits per heavy atom. The molecule has 1 aromatic heterocycles. The van der Waals surface area contributed by atoms with E-state index in [1.54, 1.807) is 0 Å². The number of aryl methyl sites for hydroxylation is 1. The van der Waals surface area contributed by atoms with E-state index in [1.165, 1.54) is 16.8 Å². The molecular weight excluding hydrogens is 234 g/mol. The molecule has 2 aromatic rings. The molecule has 0 N–H and O–H groups in total. The van der Waals surface area contributed by atoms with Crippen LogP contribution in [0.25, 0.3) is 0 Å². The second-order valence-corrected chi connectivity index (χ2v) is 5.45. The van der Waals surface area contributed by atoms with E-state index < -0.39 is 0 Å². The van der Waals surface area contributed by atoms with Gasteiger partial charge in [0.1, 0.15) is 0 Å². The molecular formula is C17H19NO. The second kappa shape index (κ2) is 4.69. The van der Waals surface area contributed by atoms with Gasteiger partial charge in [0, 0.05) is 23.9 Å². The van der Waals surface area contributed by atoms with Crippen LogP contribution in [0.15, 0.2) is 36.5 Å². The number of nitrogens with zero attached hydrogens (tertiary/aromatic N) is 1. The predicted octanol–water partition coefficient (Wildman–Crippen LogP) is 3.92. The van der Waals surface area contributed by atoms with E-state index in [0.717, 1.165) is 18.4 Å². The van der Waals surface area contributed by atoms with Crippen molar-refractivity contribution in [2.45, 2.75) is 39.2 Å². The SMILES string of the molecule is Cc1ccc(C(C)n2ccc3c2CCCC3=O)cc1. The van der Waals surface area contributed by atoms with E-state index in [2.05, 4.69) is 48.9 Å². The molecule has 1 aliphatic rings. The zero-order valence-electron chi connectivity index (χ0n) is 11.5. The Labute approximate surface area is 114 Å². The molecule has 0 fully saturated rings. The fraction of sp³-hybridized carbons (Fsp3) is 0.353. The van der Waals surface area contributed by atoms with Crippen LogP contribution in [0.4, 0.5) is 0 Å². The maximum Gasteiger partial charge on any atom is 0.164 e. The van der Waals surface area contributed by atoms with E-state index in [9.17, 15) is 4.79 Å². The standard InChI is InChI=1S/C17H19NO/c1-12-6-8-14(9-7-12)13(2)18-11-10-15-16(18)4-3-5-17(15)19/h6-11,13H,3-5H2,1-2H3. The van der Waals surface area contributed by atoms with Gasteiger partial charge in [0.2, 0.25) is 0 Å². The number of fused-ring (bicyclic) bond motifs is 1. The Morgan fingerprint density at radius 3 is 2.58 bits per heavy atom. The third-order valence-electron chi connectivity index (χ3n) is 4.12. The smallest absolute Gasteiger partial charge is 0.164 e. The van der Waals surface area contributed by atoms with Crippen molar-refractivity contribution < 1.29 is 4.79 Å². The second-order valence-electron chi connectivity index (χ2n) is 5.45. The Kier molecular flexibility index (Phi) is 3.02. The summed E-state index contributed by atoms with van der Waals surface area (Å²) in [6.07, 6.45) is 4.77. The molecule has 0 amide bonds. The molecule has 19 heavy (non-hydrogen) atoms. The van der Waals surface area contributed by atoms with Gasteiger partial charge < -0.3 is 4.57 Å². The van der Waals surface area contributed by atoms with Crippen LogP contribution in [0.5, 0.6) is 0 Å². The lowest BCUT2D eigenvalue weighted by atomic mass is 9.96. The fourth-order valence-electron chi connectivity index (χ4n) is 2.92. The van der Waals surface area contributed by atoms with Crippen molar-refractivity contribution in [3.05, 3.63) is 58.9 Å². The summed E-state index contributed by atoms with van der Waals surface area (Å²) in [5.74, 6) is 0.302. The predicted molar refractivity (Wildman–Crippen MR) is 76.7 cm³/mol. The largest absolute Gasteiger partial charge is 0.344 e. The maximum absolute atomic E-state index is 11.9. The fourth-order valence-corrected chi connectivity index (χ4v) is 2.92. The Hall–Kier alpha value is -1.83. The summed E-state index contributed by atoms with van der Waals surface area (Å²) >= 11 is 0. The lowest BCUT2D eigenvalue weighted by Crippen LogP contribution is -2.15. The van der Waals surface area contributed by atoms with Crippen LogP contribution in [0, 0.1) is 6.92 Å². The highest BCUT2D eigenvalue weighted by molar-refractivity contribution is 5.98. The van der Waals surface area contributed by atoms with Crippen LogP contribution in [0.1, 0.15) is 53.0 Å². The summed E-state index contributed by atoms with van der Waals surface area (Å²) in [7, 11) is 0. The van der Waals surface area contributed by atoms with Gasteiger partial charge in [0.15, 0.2) is 5.78 Å². The average molecular weight is 253 g/mol. The van der Waals surface area contributed by atoms with Crippen molar-refractivity contribution in [2.75, 3.05) is 0 Å². The molecule has 1 atom stereocenters. The van der Waals surface area contributed by atoms with Gasteiger partial charge in [-0.1, -0.05) is 29.8 Å². The third-order valence-corrected chi connectivity index (χ3v) is 4.12. The normalized spacial score (nSPS) is 16.2. The number of hydrogen-bond acceptors (Lipinski definition) is 1. The van der Waals surface area contributed by atoms with Crippen LogP contribution in [-0.2, 0) is 6.42 Å². The van der Waals surface area contributed by atoms with Crippen LogP contribution >= 0.6 is 0 Å². The van der Waals surface area contributed by atoms with Crippen LogP contribution in [0.2, 0.25) is 0 Å². The van der Waals surface area contributed by atoms with Crippen LogP contribution in [-0.4, -0.2) is 10.4 Å². The third kappa shape index (κ3) is 2.12. The molecule has 2 heteroatoms. The van der Waals surface area contributed by atoms with Gasteiger partial charge in [0.25, 0.3) is 0 Å². The molecule has 0 radical (unpaired) electrons. The lowest BCUT2D eigenvalue weighted by molar-refractivity contribution is 0.0971. The highest BCUT2D eigenvalue weighted by atomic mass is 16.1. The topological polar surface area (TPSA) is 22.0 Å². The van der Waals surface area contributed by atoms with Gasteiger partial charge >= 0.3 is 0 Å². The van der Waals surface area contributed by atoms with Crippen molar-refractivity contribution in [3.8, 4) is 0 Å². The molecule has 0 bridgehead atoms. The number of carbonyl (C=O) groups is 1. The molecule has 0 saturated heterocycles. The number of carbonyl (C=O) groups excluding carboxylic acids is 1. The molecule has 2 nitrogen and oxygen atoms in total. The number of Topliss-reactive ketones (excluding diaryl/α,β-unsaturated/α-hetero) is 1. The molecule has 1 heterocycles. The Balaban J connectivity index is 1.98. The van der Waals surface area contributed by atoms with Crippen molar-refractivity contribution in [1.82, 2.24) is 4.57 Å². The molecule has 0 aliphatic heterocycles. The van der Waals surface area contributed by atoms with Crippen molar-refractivity contribution in [2.24, 2.45) is 0 Å². The average Bonchev–Trinajstić information content (AvgIpc) is 2.84. The molecule has 1 unspecified atom stereocenters. The minimum Gasteiger partial charge on any atom is -0.344 e. The molecule has 0 saturated carbocycles. The summed E-state index contributed by atoms with van der Waals surface area (Å²) in [4.78, 5) is 11.9. The minimum atomic E-state index is 0.287. The van der Waals surface area contributed by atoms with Gasteiger partial charge in [-0.15, -0.1) is 0 Å². The highest BCUT2D eigenvalue weighted by Gasteiger charge is 2.22. The maximum atomic E-state index is 11.9. The number of ketones is 1. The summed E-state index contributed by atoms with van der Waals surface area (Å²) in [5, 5.41) is 0. The van der Waals surface area contributed by atoms with Crippen LogP contribution in [0.3, 0.4) is 0 Å². The van der Waals surface area contributed by atoms with Crippen molar-refractivity contribution in [1.29, 1.82) is 0 Å². The lowest BCUT2D eigenvalue weighted by Gasteiger charge is -2.21. The summed E-state index contributed by atoms with van der Waals surface area (Å²) in [6, 6.07) is 10.9. The van der Waals surface area contributed by atoms with Gasteiger partial charge in [0.05, 0.1) is 6.04 Å². The summed E-state index contributed by atoms with van der Waals surface area (Å²) in [5.41, 5.74) is 4.72. The first-order valence-corrected chi connectivity index (χ1v) is 6.96. The summed E-state index contributed by atoms with van der Waals surface area (Å²) < 4.78 is 2.26. The van der Waals surface area contributed by atoms with Crippen molar-refractivity contribution >= 4 is 5.78 Å². The first kappa shape index (κ1) is 12.2. The van der Waals surface area contributed by atoms with Gasteiger partial charge in [-0.3, -0.25) is 4.79 Å². The molecule has 1 aromatic carbocycles. The minimum absolute atomic E-state index is 0.287. The first-order valence-electron chi connectivity index (χ1n) is 6.96. The highest BCUT2D eigenvalue weighted by Crippen LogP contribution is 2.28. The molecule has 1 aliphatic carbocycles. The van der Waals surface area contributed by atoms with Gasteiger partial charge in [-0.2, -0.15) is 0 Å². The number of aromatic nitrogens is 1. The monoisotopic (exact) mass is 253 g/mol. The Bertz CT molecular complexity index is 607. The number of benzene rings is 1. The summed E-state index contributed by atoms with van der Waals surface area (Å²) in [6.45, 7) is 4.30. The Morgan fingerprint density at radius 1 is 1.11 bits per heavy atom. The van der Waals surface area contributed by atoms with E-state index in [4.69, 9.17) is 0 Å². The zero-order valence-corrected chi connectivity index (χ0v) is 11.5. The molecule has 3 rings (SSSR count). The van der Waals surface area contributed by atoms with Gasteiger partial charge in [-0.25, -0.2) is 0 Å². The van der Waals surface area contributed by atoms with Crippen LogP contribution < -0.4 is 0 Å². The molecule has 0 spiro atoms. The van der Waals surface area contributed by atoms with Crippen molar-refractivity contribution in [3.63, 3.8) is 0 Å². The van der Waals surface area contributed by atoms with E-state index >= 15 is 0 Å². The van der Waals surface area contributed by atoms with E-state index in [0.29, 0.717) is 12.2 Å². The van der Waals surface area contributed by atoms with Gasteiger partial charge in [-0.05, 0) is 38.3 Å². The number of hydrogen-bond donors (Lipinski definition) is 0. The quantitative estimate of drug-likeness (QED) is 0.795. The molecule has 98 valence electrons.